The van der Waals surface area contributed by atoms with Crippen LogP contribution >= 0.6 is 0 Å². The van der Waals surface area contributed by atoms with Crippen LogP contribution in [0.4, 0.5) is 0 Å². The molecule has 0 spiro atoms. The zero-order valence-corrected chi connectivity index (χ0v) is 21.3. The minimum absolute atomic E-state index is 0.00217. The minimum Gasteiger partial charge on any atom is -0.508 e. The van der Waals surface area contributed by atoms with Crippen molar-refractivity contribution in [2.45, 2.75) is 56.3 Å². The first-order chi connectivity index (χ1) is 18.6. The number of benzene rings is 2. The number of hydrogen-bond donors (Lipinski definition) is 7. The number of nitrogens with two attached hydrogens (primary N) is 1. The van der Waals surface area contributed by atoms with Crippen LogP contribution in [0.15, 0.2) is 54.6 Å². The second-order valence-corrected chi connectivity index (χ2v) is 9.40. The zero-order valence-electron chi connectivity index (χ0n) is 21.3. The molecule has 39 heavy (non-hydrogen) atoms. The lowest BCUT2D eigenvalue weighted by Crippen LogP contribution is -2.58. The molecule has 4 atom stereocenters. The number of aromatic hydroxyl groups is 1. The fourth-order valence-corrected chi connectivity index (χ4v) is 4.26. The molecular formula is C27H33N5O7. The van der Waals surface area contributed by atoms with Gasteiger partial charge in [-0.2, -0.15) is 0 Å². The van der Waals surface area contributed by atoms with Crippen LogP contribution in [-0.2, 0) is 36.8 Å². The van der Waals surface area contributed by atoms with Gasteiger partial charge in [0.1, 0.15) is 23.9 Å². The number of hydrogen-bond acceptors (Lipinski definition) is 7. The summed E-state index contributed by atoms with van der Waals surface area (Å²) < 4.78 is 0. The number of nitrogens with one attached hydrogen (secondary N) is 4. The summed E-state index contributed by atoms with van der Waals surface area (Å²) in [4.78, 5) is 62.4. The summed E-state index contributed by atoms with van der Waals surface area (Å²) in [6, 6.07) is 10.6. The number of phenols is 1. The van der Waals surface area contributed by atoms with Gasteiger partial charge in [0, 0.05) is 12.8 Å². The second kappa shape index (κ2) is 13.9. The van der Waals surface area contributed by atoms with Gasteiger partial charge in [0.05, 0.1) is 12.5 Å². The van der Waals surface area contributed by atoms with E-state index in [1.54, 1.807) is 24.3 Å². The van der Waals surface area contributed by atoms with Crippen LogP contribution in [0, 0.1) is 0 Å². The molecule has 0 radical (unpaired) electrons. The molecule has 1 fully saturated rings. The summed E-state index contributed by atoms with van der Waals surface area (Å²) in [6.07, 6.45) is 0.920. The highest BCUT2D eigenvalue weighted by molar-refractivity contribution is 5.95. The van der Waals surface area contributed by atoms with E-state index >= 15 is 0 Å². The monoisotopic (exact) mass is 539 g/mol. The molecule has 2 aromatic rings. The lowest BCUT2D eigenvalue weighted by atomic mass is 10.0. The molecule has 0 aromatic heterocycles. The summed E-state index contributed by atoms with van der Waals surface area (Å²) in [5.41, 5.74) is 6.47. The van der Waals surface area contributed by atoms with Crippen molar-refractivity contribution in [3.8, 4) is 5.75 Å². The van der Waals surface area contributed by atoms with E-state index in [9.17, 15) is 34.2 Å². The van der Waals surface area contributed by atoms with Crippen molar-refractivity contribution in [1.82, 2.24) is 21.3 Å². The first kappa shape index (κ1) is 29.1. The van der Waals surface area contributed by atoms with E-state index in [1.165, 1.54) is 12.1 Å². The van der Waals surface area contributed by atoms with E-state index in [1.807, 2.05) is 18.2 Å². The number of primary amides is 1. The maximum absolute atomic E-state index is 13.5. The van der Waals surface area contributed by atoms with E-state index < -0.39 is 54.3 Å². The molecule has 0 aliphatic carbocycles. The summed E-state index contributed by atoms with van der Waals surface area (Å²) in [6.45, 7) is 0.693. The number of carbonyl (C=O) groups excluding carboxylic acids is 4. The molecule has 8 N–H and O–H groups in total. The average molecular weight is 540 g/mol. The number of phenolic OH excluding ortho intramolecular Hbond substituents is 1. The number of rotatable bonds is 13. The van der Waals surface area contributed by atoms with E-state index in [2.05, 4.69) is 21.3 Å². The van der Waals surface area contributed by atoms with Crippen molar-refractivity contribution in [3.63, 3.8) is 0 Å². The molecule has 1 saturated heterocycles. The van der Waals surface area contributed by atoms with Crippen molar-refractivity contribution in [2.75, 3.05) is 6.54 Å². The van der Waals surface area contributed by atoms with E-state index in [4.69, 9.17) is 5.73 Å². The molecule has 12 heteroatoms. The maximum atomic E-state index is 13.5. The fourth-order valence-electron chi connectivity index (χ4n) is 4.26. The predicted molar refractivity (Wildman–Crippen MR) is 140 cm³/mol. The van der Waals surface area contributed by atoms with Gasteiger partial charge in [0.15, 0.2) is 0 Å². The second-order valence-electron chi connectivity index (χ2n) is 9.40. The molecule has 1 heterocycles. The first-order valence-corrected chi connectivity index (χ1v) is 12.6. The Hall–Kier alpha value is -4.45. The minimum atomic E-state index is -1.59. The van der Waals surface area contributed by atoms with E-state index in [-0.39, 0.29) is 24.5 Å². The Morgan fingerprint density at radius 3 is 1.95 bits per heavy atom. The van der Waals surface area contributed by atoms with Crippen LogP contribution in [0.25, 0.3) is 0 Å². The molecule has 4 amide bonds. The van der Waals surface area contributed by atoms with Gasteiger partial charge in [-0.05, 0) is 42.6 Å². The van der Waals surface area contributed by atoms with Gasteiger partial charge in [-0.1, -0.05) is 42.5 Å². The smallest absolute Gasteiger partial charge is 0.326 e. The number of aliphatic carboxylic acids is 1. The molecule has 2 aromatic carbocycles. The highest BCUT2D eigenvalue weighted by atomic mass is 16.4. The molecule has 12 nitrogen and oxygen atoms in total. The van der Waals surface area contributed by atoms with Gasteiger partial charge in [0.25, 0.3) is 0 Å². The average Bonchev–Trinajstić information content (AvgIpc) is 3.44. The lowest BCUT2D eigenvalue weighted by molar-refractivity contribution is -0.143. The molecule has 0 bridgehead atoms. The zero-order chi connectivity index (χ0) is 28.4. The van der Waals surface area contributed by atoms with Crippen LogP contribution in [0.5, 0.6) is 5.75 Å². The Morgan fingerprint density at radius 2 is 1.41 bits per heavy atom. The SMILES string of the molecule is NC(=O)CC(NC(=O)C(Cc1ccc(O)cc1)NC(=O)C(Cc1ccccc1)NC(=O)C1CCCN1)C(=O)O. The third-order valence-corrected chi connectivity index (χ3v) is 6.32. The largest absolute Gasteiger partial charge is 0.508 e. The molecule has 208 valence electrons. The highest BCUT2D eigenvalue weighted by Gasteiger charge is 2.32. The Morgan fingerprint density at radius 1 is 0.846 bits per heavy atom. The standard InChI is InChI=1S/C27H33N5O7/c28-23(34)15-22(27(38)39)32-26(37)21(14-17-8-10-18(33)11-9-17)31-25(36)20(13-16-5-2-1-3-6-16)30-24(35)19-7-4-12-29-19/h1-3,5-6,8-11,19-22,29,33H,4,7,12-15H2,(H2,28,34)(H,30,35)(H,31,36)(H,32,37)(H,38,39). The number of carbonyl (C=O) groups is 5. The molecule has 1 aliphatic heterocycles. The van der Waals surface area contributed by atoms with Gasteiger partial charge in [0.2, 0.25) is 23.6 Å². The van der Waals surface area contributed by atoms with Gasteiger partial charge in [-0.3, -0.25) is 19.2 Å². The quantitative estimate of drug-likeness (QED) is 0.174. The Bertz CT molecular complexity index is 1170. The summed E-state index contributed by atoms with van der Waals surface area (Å²) in [5, 5.41) is 29.8. The highest BCUT2D eigenvalue weighted by Crippen LogP contribution is 2.13. The van der Waals surface area contributed by atoms with Crippen LogP contribution in [-0.4, -0.2) is 70.5 Å². The summed E-state index contributed by atoms with van der Waals surface area (Å²) in [7, 11) is 0. The van der Waals surface area contributed by atoms with Crippen LogP contribution in [0.2, 0.25) is 0 Å². The van der Waals surface area contributed by atoms with Gasteiger partial charge >= 0.3 is 5.97 Å². The molecule has 0 saturated carbocycles. The molecule has 4 unspecified atom stereocenters. The van der Waals surface area contributed by atoms with Crippen molar-refractivity contribution in [1.29, 1.82) is 0 Å². The topological polar surface area (TPSA) is 200 Å². The Kier molecular flexibility index (Phi) is 10.4. The van der Waals surface area contributed by atoms with E-state index in [0.29, 0.717) is 18.5 Å². The van der Waals surface area contributed by atoms with Crippen molar-refractivity contribution < 1.29 is 34.2 Å². The van der Waals surface area contributed by atoms with Crippen molar-refractivity contribution in [2.24, 2.45) is 5.73 Å². The Labute approximate surface area is 225 Å². The molecular weight excluding hydrogens is 506 g/mol. The van der Waals surface area contributed by atoms with Crippen molar-refractivity contribution in [3.05, 3.63) is 65.7 Å². The number of carboxylic acids is 1. The van der Waals surface area contributed by atoms with Crippen LogP contribution in [0.1, 0.15) is 30.4 Å². The maximum Gasteiger partial charge on any atom is 0.326 e. The van der Waals surface area contributed by atoms with Gasteiger partial charge in [-0.25, -0.2) is 4.79 Å². The number of amides is 4. The third-order valence-electron chi connectivity index (χ3n) is 6.32. The molecule has 1 aliphatic rings. The predicted octanol–water partition coefficient (Wildman–Crippen LogP) is -0.656. The van der Waals surface area contributed by atoms with E-state index in [0.717, 1.165) is 12.0 Å². The van der Waals surface area contributed by atoms with Crippen LogP contribution in [0.3, 0.4) is 0 Å². The lowest BCUT2D eigenvalue weighted by Gasteiger charge is -2.25. The van der Waals surface area contributed by atoms with Gasteiger partial charge < -0.3 is 37.2 Å². The normalized spacial score (nSPS) is 16.9. The van der Waals surface area contributed by atoms with Crippen LogP contribution < -0.4 is 27.0 Å². The fraction of sp³-hybridized carbons (Fsp3) is 0.370. The first-order valence-electron chi connectivity index (χ1n) is 12.6. The Balaban J connectivity index is 1.83. The van der Waals surface area contributed by atoms with Crippen molar-refractivity contribution >= 4 is 29.6 Å². The summed E-state index contributed by atoms with van der Waals surface area (Å²) in [5.74, 6) is -4.22. The number of carboxylic acid groups (broad SMARTS) is 1. The van der Waals surface area contributed by atoms with Gasteiger partial charge in [-0.15, -0.1) is 0 Å². The third kappa shape index (κ3) is 9.11. The molecule has 3 rings (SSSR count). The summed E-state index contributed by atoms with van der Waals surface area (Å²) >= 11 is 0.